The summed E-state index contributed by atoms with van der Waals surface area (Å²) in [5.41, 5.74) is 12.5. The summed E-state index contributed by atoms with van der Waals surface area (Å²) in [4.78, 5) is 6.46. The number of benzene rings is 2. The Balaban J connectivity index is 1.74. The summed E-state index contributed by atoms with van der Waals surface area (Å²) in [5, 5.41) is 0. The second-order valence-corrected chi connectivity index (χ2v) is 11.4. The summed E-state index contributed by atoms with van der Waals surface area (Å²) >= 11 is 0. The van der Waals surface area contributed by atoms with Crippen LogP contribution >= 0.6 is 0 Å². The number of aromatic nitrogens is 1. The minimum Gasteiger partial charge on any atom is -0.398 e. The molecule has 0 saturated heterocycles. The smallest absolute Gasteiger partial charge is 0.393 e. The molecule has 1 aliphatic rings. The van der Waals surface area contributed by atoms with Gasteiger partial charge in [0.2, 0.25) is 0 Å². The molecule has 0 amide bonds. The Hall–Kier alpha value is -2.91. The molecule has 1 aliphatic heterocycles. The van der Waals surface area contributed by atoms with Crippen molar-refractivity contribution in [1.82, 2.24) is 9.88 Å². The summed E-state index contributed by atoms with van der Waals surface area (Å²) in [6.45, 7) is 2.97. The van der Waals surface area contributed by atoms with Gasteiger partial charge in [-0.2, -0.15) is 13.2 Å². The summed E-state index contributed by atoms with van der Waals surface area (Å²) in [5.74, 6) is 0.0437. The standard InChI is InChI=1S/C26H28F3N3O2S/c1-17-6-8-19(14-22(17)24-9-7-18(16-31-24)15-26(27,28)29)25-21-4-3-5-23(30)20(21)10-11-32(25)12-13-35(2,33)34/h3-9,14,16,25H,10-13,15,30H2,1-2H3. The van der Waals surface area contributed by atoms with Crippen LogP contribution in [0, 0.1) is 6.92 Å². The largest absolute Gasteiger partial charge is 0.398 e. The van der Waals surface area contributed by atoms with Gasteiger partial charge in [-0.1, -0.05) is 30.3 Å². The van der Waals surface area contributed by atoms with Gasteiger partial charge >= 0.3 is 6.18 Å². The first-order chi connectivity index (χ1) is 16.4. The number of fused-ring (bicyclic) bond motifs is 1. The molecule has 1 atom stereocenters. The van der Waals surface area contributed by atoms with Crippen molar-refractivity contribution >= 4 is 15.5 Å². The lowest BCUT2D eigenvalue weighted by atomic mass is 9.86. The SMILES string of the molecule is Cc1ccc(C2c3cccc(N)c3CCN2CCS(C)(=O)=O)cc1-c1ccc(CC(F)(F)F)cn1. The minimum atomic E-state index is -4.29. The van der Waals surface area contributed by atoms with E-state index in [0.29, 0.717) is 24.5 Å². The Morgan fingerprint density at radius 3 is 2.57 bits per heavy atom. The highest BCUT2D eigenvalue weighted by atomic mass is 32.2. The Morgan fingerprint density at radius 2 is 1.91 bits per heavy atom. The number of nitrogens with two attached hydrogens (primary N) is 1. The first kappa shape index (κ1) is 25.2. The molecular weight excluding hydrogens is 475 g/mol. The molecule has 0 aliphatic carbocycles. The van der Waals surface area contributed by atoms with E-state index in [9.17, 15) is 21.6 Å². The normalized spacial score (nSPS) is 16.8. The predicted octanol–water partition coefficient (Wildman–Crippen LogP) is 4.74. The molecule has 0 bridgehead atoms. The highest BCUT2D eigenvalue weighted by molar-refractivity contribution is 7.90. The van der Waals surface area contributed by atoms with Crippen LogP contribution in [0.25, 0.3) is 11.3 Å². The third-order valence-corrected chi connectivity index (χ3v) is 7.31. The van der Waals surface area contributed by atoms with Crippen molar-refractivity contribution in [2.75, 3.05) is 30.8 Å². The molecule has 3 aromatic rings. The predicted molar refractivity (Wildman–Crippen MR) is 132 cm³/mol. The fraction of sp³-hybridized carbons (Fsp3) is 0.346. The quantitative estimate of drug-likeness (QED) is 0.492. The van der Waals surface area contributed by atoms with Crippen molar-refractivity contribution in [2.24, 2.45) is 0 Å². The van der Waals surface area contributed by atoms with Crippen LogP contribution in [-0.2, 0) is 22.7 Å². The molecule has 186 valence electrons. The third-order valence-electron chi connectivity index (χ3n) is 6.39. The first-order valence-electron chi connectivity index (χ1n) is 11.3. The summed E-state index contributed by atoms with van der Waals surface area (Å²) in [7, 11) is -3.15. The number of alkyl halides is 3. The van der Waals surface area contributed by atoms with Gasteiger partial charge in [0.25, 0.3) is 0 Å². The molecule has 2 heterocycles. The number of rotatable bonds is 6. The summed E-state index contributed by atoms with van der Waals surface area (Å²) in [6, 6.07) is 14.6. The number of sulfone groups is 1. The van der Waals surface area contributed by atoms with Crippen LogP contribution in [0.2, 0.25) is 0 Å². The molecule has 0 fully saturated rings. The van der Waals surface area contributed by atoms with E-state index in [0.717, 1.165) is 34.2 Å². The van der Waals surface area contributed by atoms with Gasteiger partial charge in [-0.3, -0.25) is 9.88 Å². The molecule has 0 radical (unpaired) electrons. The Morgan fingerprint density at radius 1 is 1.14 bits per heavy atom. The fourth-order valence-electron chi connectivity index (χ4n) is 4.67. The lowest BCUT2D eigenvalue weighted by molar-refractivity contribution is -0.127. The highest BCUT2D eigenvalue weighted by Crippen LogP contribution is 2.39. The zero-order valence-electron chi connectivity index (χ0n) is 19.6. The van der Waals surface area contributed by atoms with Crippen LogP contribution in [0.15, 0.2) is 54.7 Å². The lowest BCUT2D eigenvalue weighted by Crippen LogP contribution is -2.39. The van der Waals surface area contributed by atoms with Gasteiger partial charge in [-0.15, -0.1) is 0 Å². The van der Waals surface area contributed by atoms with Crippen molar-refractivity contribution in [3.05, 3.63) is 82.5 Å². The van der Waals surface area contributed by atoms with E-state index in [1.165, 1.54) is 18.5 Å². The number of hydrogen-bond acceptors (Lipinski definition) is 5. The van der Waals surface area contributed by atoms with Gasteiger partial charge < -0.3 is 5.73 Å². The van der Waals surface area contributed by atoms with Crippen LogP contribution in [0.4, 0.5) is 18.9 Å². The van der Waals surface area contributed by atoms with Crippen molar-refractivity contribution in [1.29, 1.82) is 0 Å². The first-order valence-corrected chi connectivity index (χ1v) is 13.4. The zero-order valence-corrected chi connectivity index (χ0v) is 20.5. The van der Waals surface area contributed by atoms with Crippen LogP contribution in [0.3, 0.4) is 0 Å². The molecule has 5 nitrogen and oxygen atoms in total. The molecule has 0 saturated carbocycles. The zero-order chi connectivity index (χ0) is 25.4. The van der Waals surface area contributed by atoms with E-state index in [2.05, 4.69) is 9.88 Å². The number of hydrogen-bond donors (Lipinski definition) is 1. The van der Waals surface area contributed by atoms with E-state index in [-0.39, 0.29) is 17.4 Å². The van der Waals surface area contributed by atoms with E-state index in [1.807, 2.05) is 43.3 Å². The van der Waals surface area contributed by atoms with Crippen LogP contribution < -0.4 is 5.73 Å². The second kappa shape index (κ2) is 9.62. The average Bonchev–Trinajstić information content (AvgIpc) is 2.77. The van der Waals surface area contributed by atoms with E-state index < -0.39 is 22.4 Å². The molecule has 4 rings (SSSR count). The molecule has 35 heavy (non-hydrogen) atoms. The Labute approximate surface area is 203 Å². The van der Waals surface area contributed by atoms with Gasteiger partial charge in [0.15, 0.2) is 0 Å². The van der Waals surface area contributed by atoms with E-state index >= 15 is 0 Å². The number of halogens is 3. The van der Waals surface area contributed by atoms with Gasteiger partial charge in [-0.25, -0.2) is 8.42 Å². The number of nitrogen functional groups attached to an aromatic ring is 1. The summed E-state index contributed by atoms with van der Waals surface area (Å²) < 4.78 is 62.0. The van der Waals surface area contributed by atoms with Crippen LogP contribution in [-0.4, -0.2) is 49.6 Å². The summed E-state index contributed by atoms with van der Waals surface area (Å²) in [6.07, 6.45) is -2.08. The molecule has 0 spiro atoms. The van der Waals surface area contributed by atoms with Crippen molar-refractivity contribution in [3.63, 3.8) is 0 Å². The third kappa shape index (κ3) is 6.02. The van der Waals surface area contributed by atoms with Gasteiger partial charge in [-0.05, 0) is 59.4 Å². The maximum absolute atomic E-state index is 12.7. The Bertz CT molecular complexity index is 1320. The second-order valence-electron chi connectivity index (χ2n) is 9.15. The van der Waals surface area contributed by atoms with Crippen molar-refractivity contribution < 1.29 is 21.6 Å². The van der Waals surface area contributed by atoms with E-state index in [1.54, 1.807) is 6.07 Å². The molecule has 2 aromatic carbocycles. The number of aryl methyl sites for hydroxylation is 1. The molecule has 1 aromatic heterocycles. The molecule has 1 unspecified atom stereocenters. The number of anilines is 1. The topological polar surface area (TPSA) is 76.3 Å². The van der Waals surface area contributed by atoms with Crippen LogP contribution in [0.5, 0.6) is 0 Å². The number of nitrogens with zero attached hydrogens (tertiary/aromatic N) is 2. The molecular formula is C26H28F3N3O2S. The average molecular weight is 504 g/mol. The monoisotopic (exact) mass is 503 g/mol. The fourth-order valence-corrected chi connectivity index (χ4v) is 5.24. The van der Waals surface area contributed by atoms with Gasteiger partial charge in [0, 0.05) is 36.8 Å². The van der Waals surface area contributed by atoms with Gasteiger partial charge in [0.1, 0.15) is 9.84 Å². The number of pyridine rings is 1. The van der Waals surface area contributed by atoms with Gasteiger partial charge in [0.05, 0.1) is 23.9 Å². The minimum absolute atomic E-state index is 0.0437. The lowest BCUT2D eigenvalue weighted by Gasteiger charge is -2.38. The maximum Gasteiger partial charge on any atom is 0.393 e. The molecule has 9 heteroatoms. The Kier molecular flexibility index (Phi) is 6.92. The van der Waals surface area contributed by atoms with Crippen LogP contribution in [0.1, 0.15) is 33.9 Å². The maximum atomic E-state index is 12.7. The van der Waals surface area contributed by atoms with E-state index in [4.69, 9.17) is 5.73 Å². The highest BCUT2D eigenvalue weighted by Gasteiger charge is 2.31. The van der Waals surface area contributed by atoms with Crippen molar-refractivity contribution in [3.8, 4) is 11.3 Å². The van der Waals surface area contributed by atoms with Crippen molar-refractivity contribution in [2.45, 2.75) is 32.0 Å². The molecule has 2 N–H and O–H groups in total.